The van der Waals surface area contributed by atoms with Crippen molar-refractivity contribution in [3.63, 3.8) is 0 Å². The van der Waals surface area contributed by atoms with E-state index in [4.69, 9.17) is 35.5 Å². The Hall–Kier alpha value is -5.75. The Kier molecular flexibility index (Phi) is 12.7. The number of rotatable bonds is 12. The molecule has 0 aliphatic carbocycles. The van der Waals surface area contributed by atoms with Gasteiger partial charge in [0.2, 0.25) is 0 Å². The summed E-state index contributed by atoms with van der Waals surface area (Å²) in [7, 11) is 3.10. The number of carbonyl (C=O) groups excluding carboxylic acids is 1. The first kappa shape index (κ1) is 47.3. The molecule has 9 rings (SSSR count). The number of hydrogen-bond acceptors (Lipinski definition) is 12. The molecule has 0 saturated carbocycles. The lowest BCUT2D eigenvalue weighted by Crippen LogP contribution is -2.57. The van der Waals surface area contributed by atoms with Crippen molar-refractivity contribution in [3.8, 4) is 28.9 Å². The zero-order chi connectivity index (χ0) is 48.3. The van der Waals surface area contributed by atoms with Crippen molar-refractivity contribution >= 4 is 40.2 Å². The molecule has 4 saturated heterocycles. The minimum absolute atomic E-state index is 0.00255. The molecular weight excluding hydrogens is 911 g/mol. The Morgan fingerprint density at radius 2 is 1.50 bits per heavy atom. The summed E-state index contributed by atoms with van der Waals surface area (Å²) in [5.74, 6) is 0.287. The molecule has 362 valence electrons. The van der Waals surface area contributed by atoms with Gasteiger partial charge in [-0.1, -0.05) is 35.9 Å². The van der Waals surface area contributed by atoms with E-state index in [1.807, 2.05) is 29.2 Å². The average molecular weight is 965 g/mol. The maximum Gasteiger partial charge on any atom is 0.418 e. The van der Waals surface area contributed by atoms with Crippen LogP contribution in [0.4, 0.5) is 38.4 Å². The summed E-state index contributed by atoms with van der Waals surface area (Å²) < 4.78 is 101. The molecule has 4 aliphatic heterocycles. The molecule has 19 heteroatoms. The van der Waals surface area contributed by atoms with Crippen LogP contribution in [0.25, 0.3) is 22.3 Å². The van der Waals surface area contributed by atoms with Gasteiger partial charge in [-0.25, -0.2) is 23.5 Å². The monoisotopic (exact) mass is 964 g/mol. The smallest absolute Gasteiger partial charge is 0.418 e. The molecular formula is C49H54ClF5N8O5. The highest BCUT2D eigenvalue weighted by molar-refractivity contribution is 6.35. The molecule has 4 atom stereocenters. The summed E-state index contributed by atoms with van der Waals surface area (Å²) in [6.07, 6.45) is -3.42. The Morgan fingerprint density at radius 3 is 2.07 bits per heavy atom. The van der Waals surface area contributed by atoms with E-state index in [-0.39, 0.29) is 91.6 Å². The number of halogens is 6. The highest BCUT2D eigenvalue weighted by Gasteiger charge is 2.50. The van der Waals surface area contributed by atoms with Crippen LogP contribution in [0.1, 0.15) is 75.1 Å². The quantitative estimate of drug-likeness (QED) is 0.0875. The van der Waals surface area contributed by atoms with E-state index in [9.17, 15) is 9.18 Å². The second-order valence-corrected chi connectivity index (χ2v) is 19.6. The summed E-state index contributed by atoms with van der Waals surface area (Å²) in [4.78, 5) is 39.2. The Bertz CT molecular complexity index is 2630. The van der Waals surface area contributed by atoms with Crippen molar-refractivity contribution in [1.29, 1.82) is 0 Å². The fraction of sp³-hybridized carbons (Fsp3) is 0.490. The molecule has 3 aromatic heterocycles. The number of alkyl halides is 4. The number of methoxy groups -OCH3 is 2. The second-order valence-electron chi connectivity index (χ2n) is 19.2. The predicted octanol–water partition coefficient (Wildman–Crippen LogP) is 9.97. The first-order valence-electron chi connectivity index (χ1n) is 22.8. The number of amides is 1. The number of aromatic nitrogens is 4. The Labute approximate surface area is 396 Å². The number of hydrogen-bond donors (Lipinski definition) is 0. The van der Waals surface area contributed by atoms with E-state index in [1.54, 1.807) is 69.1 Å². The van der Waals surface area contributed by atoms with Crippen LogP contribution in [-0.2, 0) is 24.0 Å². The van der Waals surface area contributed by atoms with E-state index in [0.717, 1.165) is 17.5 Å². The fourth-order valence-corrected chi connectivity index (χ4v) is 10.6. The minimum atomic E-state index is -5.00. The molecule has 7 heterocycles. The maximum absolute atomic E-state index is 17.8. The summed E-state index contributed by atoms with van der Waals surface area (Å²) in [5.41, 5.74) is -3.14. The number of nitrogens with zero attached hydrogens (tertiary/aromatic N) is 8. The third kappa shape index (κ3) is 9.37. The Balaban J connectivity index is 1.17. The molecule has 2 aromatic carbocycles. The number of aryl methyl sites for hydroxylation is 1. The van der Waals surface area contributed by atoms with Crippen LogP contribution in [0.5, 0.6) is 17.5 Å². The third-order valence-corrected chi connectivity index (χ3v) is 13.7. The maximum atomic E-state index is 17.8. The van der Waals surface area contributed by atoms with Gasteiger partial charge in [0.15, 0.2) is 5.82 Å². The zero-order valence-corrected chi connectivity index (χ0v) is 39.6. The highest BCUT2D eigenvalue weighted by Crippen LogP contribution is 2.45. The number of pyridine rings is 2. The molecule has 0 N–H and O–H groups in total. The molecule has 1 amide bonds. The van der Waals surface area contributed by atoms with Crippen molar-refractivity contribution in [2.24, 2.45) is 0 Å². The summed E-state index contributed by atoms with van der Waals surface area (Å²) in [6, 6.07) is 15.0. The Morgan fingerprint density at radius 1 is 0.882 bits per heavy atom. The molecule has 13 nitrogen and oxygen atoms in total. The van der Waals surface area contributed by atoms with Gasteiger partial charge in [-0.3, -0.25) is 9.80 Å². The number of fused-ring (bicyclic) bond motifs is 4. The van der Waals surface area contributed by atoms with Gasteiger partial charge in [0.05, 0.1) is 42.8 Å². The van der Waals surface area contributed by atoms with Gasteiger partial charge in [-0.2, -0.15) is 23.1 Å². The van der Waals surface area contributed by atoms with Crippen molar-refractivity contribution in [2.45, 2.75) is 108 Å². The number of piperazine rings is 1. The first-order chi connectivity index (χ1) is 32.3. The molecule has 0 spiro atoms. The van der Waals surface area contributed by atoms with Crippen LogP contribution in [0.3, 0.4) is 0 Å². The average Bonchev–Trinajstić information content (AvgIpc) is 3.91. The van der Waals surface area contributed by atoms with Crippen LogP contribution in [-0.4, -0.2) is 112 Å². The number of carbonyl (C=O) groups is 1. The summed E-state index contributed by atoms with van der Waals surface area (Å²) in [5, 5.41) is -0.402. The normalized spacial score (nSPS) is 21.6. The summed E-state index contributed by atoms with van der Waals surface area (Å²) >= 11 is 7.04. The van der Waals surface area contributed by atoms with E-state index >= 15 is 17.6 Å². The van der Waals surface area contributed by atoms with Crippen LogP contribution in [0, 0.1) is 12.7 Å². The van der Waals surface area contributed by atoms with Crippen LogP contribution in [0.15, 0.2) is 54.6 Å². The molecule has 4 fully saturated rings. The van der Waals surface area contributed by atoms with Crippen LogP contribution >= 0.6 is 11.6 Å². The van der Waals surface area contributed by atoms with E-state index in [1.165, 1.54) is 13.0 Å². The van der Waals surface area contributed by atoms with Gasteiger partial charge in [0, 0.05) is 39.1 Å². The SMILES string of the molecule is COc1ccc(CN(Cc2ccc(OC)cc2)c2cc(C)c(C(F)(F)F)c(-c3nc(Cl)c4c(N5CC6CCC(C5)N6C(=O)OC(C)(C)C)nc(OC[C@@]56CCCN5C[C@H](F)C6)nc4c3F)n2)cc1. The molecule has 0 radical (unpaired) electrons. The molecule has 2 bridgehead atoms. The molecule has 5 aromatic rings. The second kappa shape index (κ2) is 18.3. The van der Waals surface area contributed by atoms with Crippen LogP contribution < -0.4 is 24.0 Å². The minimum Gasteiger partial charge on any atom is -0.497 e. The van der Waals surface area contributed by atoms with Gasteiger partial charge in [0.25, 0.3) is 0 Å². The van der Waals surface area contributed by atoms with Crippen molar-refractivity contribution < 1.29 is 45.7 Å². The van der Waals surface area contributed by atoms with E-state index in [2.05, 4.69) is 19.9 Å². The van der Waals surface area contributed by atoms with Crippen molar-refractivity contribution in [1.82, 2.24) is 29.7 Å². The molecule has 68 heavy (non-hydrogen) atoms. The fourth-order valence-electron chi connectivity index (χ4n) is 10.3. The third-order valence-electron chi connectivity index (χ3n) is 13.4. The first-order valence-corrected chi connectivity index (χ1v) is 23.2. The van der Waals surface area contributed by atoms with E-state index in [0.29, 0.717) is 37.3 Å². The van der Waals surface area contributed by atoms with Crippen molar-refractivity contribution in [2.75, 3.05) is 56.8 Å². The molecule has 2 unspecified atom stereocenters. The largest absolute Gasteiger partial charge is 0.497 e. The number of benzene rings is 2. The lowest BCUT2D eigenvalue weighted by Gasteiger charge is -2.42. The zero-order valence-electron chi connectivity index (χ0n) is 38.8. The lowest BCUT2D eigenvalue weighted by atomic mass is 9.95. The highest BCUT2D eigenvalue weighted by atomic mass is 35.5. The van der Waals surface area contributed by atoms with Gasteiger partial charge in [-0.15, -0.1) is 0 Å². The van der Waals surface area contributed by atoms with Gasteiger partial charge in [-0.05, 0) is 107 Å². The predicted molar refractivity (Wildman–Crippen MR) is 247 cm³/mol. The van der Waals surface area contributed by atoms with E-state index < -0.39 is 57.9 Å². The topological polar surface area (TPSA) is 119 Å². The molecule has 4 aliphatic rings. The van der Waals surface area contributed by atoms with Gasteiger partial charge >= 0.3 is 18.3 Å². The summed E-state index contributed by atoms with van der Waals surface area (Å²) in [6.45, 7) is 8.55. The number of ether oxygens (including phenoxy) is 4. The van der Waals surface area contributed by atoms with Crippen LogP contribution in [0.2, 0.25) is 5.15 Å². The number of anilines is 2. The van der Waals surface area contributed by atoms with Gasteiger partial charge in [0.1, 0.15) is 63.6 Å². The van der Waals surface area contributed by atoms with Gasteiger partial charge < -0.3 is 28.7 Å². The van der Waals surface area contributed by atoms with Crippen molar-refractivity contribution in [3.05, 3.63) is 87.8 Å². The standard InChI is InChI=1S/C49H54ClF5N8O5/c1-28-20-36(60(22-29-8-14-34(65-5)15-9-29)23-30-10-16-35(66-6)17-11-30)56-41(38(28)49(53,54)55)42-39(52)40-37(43(50)57-42)44(59-45(58-40)67-27-48-18-7-19-62(48)24-31(51)21-48)61-25-32-12-13-33(26-61)63(32)46(64)68-47(2,3)4/h8-11,14-17,20,31-33H,7,12-13,18-19,21-27H2,1-6H3/t31-,32?,33?,48+/m1/s1. The lowest BCUT2D eigenvalue weighted by molar-refractivity contribution is -0.137.